The second-order valence-corrected chi connectivity index (χ2v) is 7.08. The molecule has 1 N–H and O–H groups in total. The number of ether oxygens (including phenoxy) is 1. The van der Waals surface area contributed by atoms with E-state index in [4.69, 9.17) is 9.15 Å². The van der Waals surface area contributed by atoms with Crippen molar-refractivity contribution in [1.29, 1.82) is 0 Å². The smallest absolute Gasteiger partial charge is 0.416 e. The second kappa shape index (κ2) is 9.83. The van der Waals surface area contributed by atoms with Gasteiger partial charge in [-0.1, -0.05) is 31.6 Å². The number of aryl methyl sites for hydroxylation is 1. The number of aromatic nitrogens is 1. The van der Waals surface area contributed by atoms with Crippen LogP contribution in [0.4, 0.5) is 13.2 Å². The van der Waals surface area contributed by atoms with Gasteiger partial charge in [-0.15, -0.1) is 0 Å². The molecule has 0 saturated heterocycles. The van der Waals surface area contributed by atoms with E-state index in [2.05, 4.69) is 11.9 Å². The summed E-state index contributed by atoms with van der Waals surface area (Å²) < 4.78 is 49.7. The normalized spacial score (nSPS) is 12.3. The lowest BCUT2D eigenvalue weighted by Crippen LogP contribution is -2.04. The molecular formula is C24H24F3NO3. The highest BCUT2D eigenvalue weighted by Crippen LogP contribution is 2.31. The van der Waals surface area contributed by atoms with E-state index >= 15 is 0 Å². The van der Waals surface area contributed by atoms with E-state index in [-0.39, 0.29) is 19.1 Å². The SMILES string of the molecule is CCC/C(=C\CO)c1cccc(OCc2nc(-c3ccc(C(F)(F)F)cc3)oc2C)c1. The molecule has 0 amide bonds. The quantitative estimate of drug-likeness (QED) is 0.447. The summed E-state index contributed by atoms with van der Waals surface area (Å²) in [6, 6.07) is 12.3. The molecule has 0 fully saturated rings. The Kier molecular flexibility index (Phi) is 7.17. The number of aliphatic hydroxyl groups excluding tert-OH is 1. The zero-order chi connectivity index (χ0) is 22.4. The van der Waals surface area contributed by atoms with Crippen molar-refractivity contribution in [3.8, 4) is 17.2 Å². The Morgan fingerprint density at radius 1 is 1.16 bits per heavy atom. The first-order chi connectivity index (χ1) is 14.8. The molecule has 0 unspecified atom stereocenters. The molecule has 3 aromatic rings. The third kappa shape index (κ3) is 5.76. The largest absolute Gasteiger partial charge is 0.487 e. The summed E-state index contributed by atoms with van der Waals surface area (Å²) in [5, 5.41) is 9.25. The fourth-order valence-electron chi connectivity index (χ4n) is 3.17. The van der Waals surface area contributed by atoms with Crippen molar-refractivity contribution in [1.82, 2.24) is 4.98 Å². The number of rotatable bonds is 8. The average Bonchev–Trinajstić information content (AvgIpc) is 3.12. The topological polar surface area (TPSA) is 55.5 Å². The van der Waals surface area contributed by atoms with Crippen LogP contribution in [0.1, 0.15) is 42.3 Å². The van der Waals surface area contributed by atoms with E-state index in [0.29, 0.717) is 22.8 Å². The van der Waals surface area contributed by atoms with Crippen LogP contribution in [0.3, 0.4) is 0 Å². The Balaban J connectivity index is 1.73. The van der Waals surface area contributed by atoms with Crippen molar-refractivity contribution in [3.63, 3.8) is 0 Å². The molecule has 3 rings (SSSR count). The number of allylic oxidation sites excluding steroid dienone is 1. The van der Waals surface area contributed by atoms with Crippen molar-refractivity contribution < 1.29 is 27.4 Å². The number of hydrogen-bond donors (Lipinski definition) is 1. The Hall–Kier alpha value is -3.06. The predicted octanol–water partition coefficient (Wildman–Crippen LogP) is 6.42. The summed E-state index contributed by atoms with van der Waals surface area (Å²) >= 11 is 0. The van der Waals surface area contributed by atoms with Crippen LogP contribution in [0, 0.1) is 6.92 Å². The summed E-state index contributed by atoms with van der Waals surface area (Å²) in [6.07, 6.45) is -0.784. The molecule has 0 saturated carbocycles. The van der Waals surface area contributed by atoms with Gasteiger partial charge < -0.3 is 14.3 Å². The van der Waals surface area contributed by atoms with E-state index in [1.165, 1.54) is 12.1 Å². The van der Waals surface area contributed by atoms with Gasteiger partial charge in [0.2, 0.25) is 5.89 Å². The van der Waals surface area contributed by atoms with Crippen molar-refractivity contribution in [3.05, 3.63) is 77.2 Å². The molecule has 0 radical (unpaired) electrons. The first-order valence-corrected chi connectivity index (χ1v) is 9.99. The number of alkyl halides is 3. The summed E-state index contributed by atoms with van der Waals surface area (Å²) in [5.74, 6) is 1.43. The van der Waals surface area contributed by atoms with Crippen LogP contribution in [-0.4, -0.2) is 16.7 Å². The number of halogens is 3. The molecule has 0 aliphatic carbocycles. The minimum Gasteiger partial charge on any atom is -0.487 e. The number of nitrogens with zero attached hydrogens (tertiary/aromatic N) is 1. The van der Waals surface area contributed by atoms with Gasteiger partial charge in [-0.3, -0.25) is 0 Å². The highest BCUT2D eigenvalue weighted by atomic mass is 19.4. The maximum atomic E-state index is 12.7. The van der Waals surface area contributed by atoms with Gasteiger partial charge in [0.05, 0.1) is 12.2 Å². The van der Waals surface area contributed by atoms with Crippen LogP contribution in [-0.2, 0) is 12.8 Å². The lowest BCUT2D eigenvalue weighted by Gasteiger charge is -2.10. The molecule has 0 aliphatic rings. The number of benzene rings is 2. The molecular weight excluding hydrogens is 407 g/mol. The Morgan fingerprint density at radius 3 is 2.55 bits per heavy atom. The molecule has 4 nitrogen and oxygen atoms in total. The second-order valence-electron chi connectivity index (χ2n) is 7.08. The maximum absolute atomic E-state index is 12.7. The summed E-state index contributed by atoms with van der Waals surface area (Å²) in [7, 11) is 0. The van der Waals surface area contributed by atoms with E-state index in [9.17, 15) is 18.3 Å². The molecule has 2 aromatic carbocycles. The highest BCUT2D eigenvalue weighted by molar-refractivity contribution is 5.66. The van der Waals surface area contributed by atoms with Gasteiger partial charge in [0, 0.05) is 5.56 Å². The van der Waals surface area contributed by atoms with Gasteiger partial charge in [0.1, 0.15) is 23.8 Å². The van der Waals surface area contributed by atoms with Gasteiger partial charge in [0.25, 0.3) is 0 Å². The molecule has 0 spiro atoms. The summed E-state index contributed by atoms with van der Waals surface area (Å²) in [5.41, 5.74) is 2.34. The minimum atomic E-state index is -4.39. The zero-order valence-electron chi connectivity index (χ0n) is 17.4. The molecule has 31 heavy (non-hydrogen) atoms. The van der Waals surface area contributed by atoms with E-state index in [0.717, 1.165) is 36.1 Å². The van der Waals surface area contributed by atoms with Gasteiger partial charge in [-0.25, -0.2) is 4.98 Å². The van der Waals surface area contributed by atoms with Crippen molar-refractivity contribution >= 4 is 5.57 Å². The number of hydrogen-bond acceptors (Lipinski definition) is 4. The van der Waals surface area contributed by atoms with E-state index in [1.54, 1.807) is 13.0 Å². The molecule has 164 valence electrons. The van der Waals surface area contributed by atoms with Crippen LogP contribution in [0.5, 0.6) is 5.75 Å². The molecule has 1 aromatic heterocycles. The van der Waals surface area contributed by atoms with Crippen LogP contribution < -0.4 is 4.74 Å². The fourth-order valence-corrected chi connectivity index (χ4v) is 3.17. The lowest BCUT2D eigenvalue weighted by atomic mass is 10.0. The lowest BCUT2D eigenvalue weighted by molar-refractivity contribution is -0.137. The Bertz CT molecular complexity index is 1040. The van der Waals surface area contributed by atoms with Crippen molar-refractivity contribution in [2.24, 2.45) is 0 Å². The Morgan fingerprint density at radius 2 is 1.90 bits per heavy atom. The summed E-state index contributed by atoms with van der Waals surface area (Å²) in [6.45, 7) is 3.95. The van der Waals surface area contributed by atoms with Gasteiger partial charge in [-0.2, -0.15) is 13.2 Å². The van der Waals surface area contributed by atoms with Crippen LogP contribution in [0.15, 0.2) is 59.0 Å². The standard InChI is InChI=1S/C24H24F3NO3/c1-3-5-17(12-13-29)19-6-4-7-21(14-19)30-15-22-16(2)31-23(28-22)18-8-10-20(11-9-18)24(25,26)27/h4,6-12,14,29H,3,5,13,15H2,1-2H3/b17-12+. The third-order valence-electron chi connectivity index (χ3n) is 4.79. The molecule has 0 aliphatic heterocycles. The fraction of sp³-hybridized carbons (Fsp3) is 0.292. The van der Waals surface area contributed by atoms with Crippen molar-refractivity contribution in [2.75, 3.05) is 6.61 Å². The predicted molar refractivity (Wildman–Crippen MR) is 112 cm³/mol. The molecule has 0 bridgehead atoms. The first kappa shape index (κ1) is 22.6. The van der Waals surface area contributed by atoms with E-state index in [1.807, 2.05) is 24.3 Å². The van der Waals surface area contributed by atoms with Gasteiger partial charge in [0.15, 0.2) is 0 Å². The van der Waals surface area contributed by atoms with E-state index < -0.39 is 11.7 Å². The maximum Gasteiger partial charge on any atom is 0.416 e. The van der Waals surface area contributed by atoms with Gasteiger partial charge in [-0.05, 0) is 60.9 Å². The first-order valence-electron chi connectivity index (χ1n) is 9.99. The van der Waals surface area contributed by atoms with Crippen LogP contribution >= 0.6 is 0 Å². The van der Waals surface area contributed by atoms with Gasteiger partial charge >= 0.3 is 6.18 Å². The monoisotopic (exact) mass is 431 g/mol. The average molecular weight is 431 g/mol. The van der Waals surface area contributed by atoms with Crippen molar-refractivity contribution in [2.45, 2.75) is 39.5 Å². The van der Waals surface area contributed by atoms with Crippen LogP contribution in [0.25, 0.3) is 17.0 Å². The highest BCUT2D eigenvalue weighted by Gasteiger charge is 2.30. The minimum absolute atomic E-state index is 0.0225. The Labute approximate surface area is 179 Å². The molecule has 1 heterocycles. The summed E-state index contributed by atoms with van der Waals surface area (Å²) in [4.78, 5) is 4.39. The molecule has 7 heteroatoms. The zero-order valence-corrected chi connectivity index (χ0v) is 17.4. The number of oxazole rings is 1. The molecule has 0 atom stereocenters. The van der Waals surface area contributed by atoms with Crippen LogP contribution in [0.2, 0.25) is 0 Å². The number of aliphatic hydroxyl groups is 1. The third-order valence-corrected chi connectivity index (χ3v) is 4.79.